The maximum Gasteiger partial charge on any atom is 0.338 e. The first-order valence-electron chi connectivity index (χ1n) is 18.2. The summed E-state index contributed by atoms with van der Waals surface area (Å²) in [4.78, 5) is 52.8. The lowest BCUT2D eigenvalue weighted by Gasteiger charge is -2.48. The van der Waals surface area contributed by atoms with Crippen molar-refractivity contribution in [2.24, 2.45) is 17.8 Å². The standard InChI is InChI=1S/C43H43BrO11/c1-26-27(2)37(54-42(48)32-22-14-7-15-23-32)43(52-33(26)24-49-39(45)29-16-8-4-9-17-29)55-35-28(3)36(53-41(47)31-20-12-6-13-21-31)38(44)51-34(35)25-50-40(46)30-18-10-5-11-19-30/h4-23,26-28,33-38,43H,24-25H2,1-3H3/t26-,27+,28+,33?,34?,35+,36?,37?,38?,43+/m1/s1. The molecule has 10 atom stereocenters. The number of ether oxygens (including phenoxy) is 7. The van der Waals surface area contributed by atoms with E-state index in [1.54, 1.807) is 121 Å². The summed E-state index contributed by atoms with van der Waals surface area (Å²) < 4.78 is 43.2. The molecule has 0 amide bonds. The average molecular weight is 816 g/mol. The zero-order valence-corrected chi connectivity index (χ0v) is 32.2. The Morgan fingerprint density at radius 2 is 0.891 bits per heavy atom. The van der Waals surface area contributed by atoms with Gasteiger partial charge in [0.05, 0.1) is 34.5 Å². The van der Waals surface area contributed by atoms with Crippen molar-refractivity contribution in [3.8, 4) is 0 Å². The normalized spacial score (nSPS) is 27.6. The van der Waals surface area contributed by atoms with Crippen LogP contribution in [0.1, 0.15) is 62.2 Å². The van der Waals surface area contributed by atoms with Gasteiger partial charge >= 0.3 is 23.9 Å². The van der Waals surface area contributed by atoms with Gasteiger partial charge in [0.15, 0.2) is 12.4 Å². The molecule has 6 rings (SSSR count). The first-order valence-corrected chi connectivity index (χ1v) is 19.1. The lowest BCUT2D eigenvalue weighted by Crippen LogP contribution is -2.60. The van der Waals surface area contributed by atoms with Crippen molar-refractivity contribution in [2.45, 2.75) is 62.6 Å². The molecule has 0 aliphatic carbocycles. The maximum absolute atomic E-state index is 13.5. The molecule has 4 aromatic rings. The average Bonchev–Trinajstić information content (AvgIpc) is 3.22. The number of halogens is 1. The van der Waals surface area contributed by atoms with Crippen molar-refractivity contribution in [1.82, 2.24) is 0 Å². The van der Waals surface area contributed by atoms with E-state index in [9.17, 15) is 19.2 Å². The minimum atomic E-state index is -1.21. The Morgan fingerprint density at radius 1 is 0.491 bits per heavy atom. The summed E-state index contributed by atoms with van der Waals surface area (Å²) in [5, 5.41) is -0.807. The highest BCUT2D eigenvalue weighted by Crippen LogP contribution is 2.39. The third kappa shape index (κ3) is 9.87. The Morgan fingerprint density at radius 3 is 1.35 bits per heavy atom. The SMILES string of the molecule is C[C@@H]1C(OC(=O)c2ccccc2)C(Br)OC(COC(=O)c2ccccc2)[C@H]1O[C@@H]1OC(COC(=O)c2ccccc2)[C@H](C)[C@H](C)C1OC(=O)c1ccccc1. The minimum Gasteiger partial charge on any atom is -0.459 e. The van der Waals surface area contributed by atoms with Crippen LogP contribution in [0.15, 0.2) is 121 Å². The number of carbonyl (C=O) groups excluding carboxylic acids is 4. The number of rotatable bonds is 12. The molecule has 12 heteroatoms. The van der Waals surface area contributed by atoms with Crippen LogP contribution >= 0.6 is 15.9 Å². The molecule has 0 radical (unpaired) electrons. The van der Waals surface area contributed by atoms with Crippen LogP contribution in [-0.2, 0) is 33.2 Å². The van der Waals surface area contributed by atoms with Gasteiger partial charge in [-0.1, -0.05) is 109 Å². The zero-order chi connectivity index (χ0) is 38.9. The van der Waals surface area contributed by atoms with Gasteiger partial charge in [0.25, 0.3) is 0 Å². The lowest BCUT2D eigenvalue weighted by atomic mass is 9.83. The Hall–Kier alpha value is -4.88. The van der Waals surface area contributed by atoms with Gasteiger partial charge in [-0.3, -0.25) is 0 Å². The molecule has 2 fully saturated rings. The second kappa shape index (κ2) is 18.6. The van der Waals surface area contributed by atoms with Crippen LogP contribution in [0.4, 0.5) is 0 Å². The summed E-state index contributed by atoms with van der Waals surface area (Å²) in [7, 11) is 0. The van der Waals surface area contributed by atoms with Crippen LogP contribution < -0.4 is 0 Å². The number of esters is 4. The van der Waals surface area contributed by atoms with Crippen LogP contribution in [-0.4, -0.2) is 78.9 Å². The fourth-order valence-electron chi connectivity index (χ4n) is 6.63. The molecule has 2 aliphatic rings. The van der Waals surface area contributed by atoms with Gasteiger partial charge in [0.2, 0.25) is 0 Å². The van der Waals surface area contributed by atoms with Crippen molar-refractivity contribution in [3.05, 3.63) is 144 Å². The van der Waals surface area contributed by atoms with Gasteiger partial charge in [-0.2, -0.15) is 0 Å². The summed E-state index contributed by atoms with van der Waals surface area (Å²) in [5.74, 6) is -3.41. The fraction of sp³-hybridized carbons (Fsp3) is 0.349. The van der Waals surface area contributed by atoms with Gasteiger partial charge in [-0.05, 0) is 54.4 Å². The molecule has 2 saturated heterocycles. The van der Waals surface area contributed by atoms with Crippen LogP contribution in [0.25, 0.3) is 0 Å². The molecule has 2 heterocycles. The van der Waals surface area contributed by atoms with Crippen molar-refractivity contribution in [1.29, 1.82) is 0 Å². The molecule has 11 nitrogen and oxygen atoms in total. The van der Waals surface area contributed by atoms with Crippen molar-refractivity contribution in [2.75, 3.05) is 13.2 Å². The largest absolute Gasteiger partial charge is 0.459 e. The molecule has 0 N–H and O–H groups in total. The summed E-state index contributed by atoms with van der Waals surface area (Å²) in [6.45, 7) is 5.34. The summed E-state index contributed by atoms with van der Waals surface area (Å²) >= 11 is 3.55. The number of benzene rings is 4. The lowest BCUT2D eigenvalue weighted by molar-refractivity contribution is -0.315. The number of carbonyl (C=O) groups is 4. The number of alkyl halides is 1. The number of hydrogen-bond donors (Lipinski definition) is 0. The molecule has 0 aromatic heterocycles. The van der Waals surface area contributed by atoms with E-state index < -0.39 is 71.6 Å². The minimum absolute atomic E-state index is 0.103. The Kier molecular flexibility index (Phi) is 13.5. The van der Waals surface area contributed by atoms with Gasteiger partial charge in [-0.25, -0.2) is 19.2 Å². The molecule has 55 heavy (non-hydrogen) atoms. The van der Waals surface area contributed by atoms with E-state index in [-0.39, 0.29) is 25.0 Å². The summed E-state index contributed by atoms with van der Waals surface area (Å²) in [6, 6.07) is 34.3. The monoisotopic (exact) mass is 814 g/mol. The van der Waals surface area contributed by atoms with Crippen molar-refractivity contribution in [3.63, 3.8) is 0 Å². The van der Waals surface area contributed by atoms with E-state index in [0.29, 0.717) is 22.3 Å². The van der Waals surface area contributed by atoms with Crippen molar-refractivity contribution < 1.29 is 52.3 Å². The zero-order valence-electron chi connectivity index (χ0n) is 30.6. The molecule has 2 aliphatic heterocycles. The van der Waals surface area contributed by atoms with E-state index in [2.05, 4.69) is 15.9 Å². The highest BCUT2D eigenvalue weighted by Gasteiger charge is 2.51. The highest BCUT2D eigenvalue weighted by atomic mass is 79.9. The van der Waals surface area contributed by atoms with Crippen LogP contribution in [0.5, 0.6) is 0 Å². The molecule has 4 aromatic carbocycles. The smallest absolute Gasteiger partial charge is 0.338 e. The first kappa shape index (κ1) is 39.8. The fourth-order valence-corrected chi connectivity index (χ4v) is 7.50. The second-order valence-corrected chi connectivity index (χ2v) is 14.6. The van der Waals surface area contributed by atoms with Crippen molar-refractivity contribution >= 4 is 39.8 Å². The predicted molar refractivity (Wildman–Crippen MR) is 203 cm³/mol. The van der Waals surface area contributed by atoms with Gasteiger partial charge in [-0.15, -0.1) is 0 Å². The van der Waals surface area contributed by atoms with Gasteiger partial charge in [0, 0.05) is 11.8 Å². The third-order valence-corrected chi connectivity index (χ3v) is 10.8. The molecular weight excluding hydrogens is 772 g/mol. The third-order valence-electron chi connectivity index (χ3n) is 10.0. The molecule has 5 unspecified atom stereocenters. The van der Waals surface area contributed by atoms with E-state index in [1.165, 1.54) is 0 Å². The Labute approximate surface area is 328 Å². The topological polar surface area (TPSA) is 133 Å². The van der Waals surface area contributed by atoms with E-state index in [0.717, 1.165) is 0 Å². The number of hydrogen-bond acceptors (Lipinski definition) is 11. The molecule has 0 spiro atoms. The molecule has 288 valence electrons. The summed E-state index contributed by atoms with van der Waals surface area (Å²) in [5.41, 5.74) is 1.44. The van der Waals surface area contributed by atoms with E-state index >= 15 is 0 Å². The molecular formula is C43H43BrO11. The summed E-state index contributed by atoms with van der Waals surface area (Å²) in [6.07, 6.45) is -5.50. The van der Waals surface area contributed by atoms with Crippen LogP contribution in [0.3, 0.4) is 0 Å². The Bertz CT molecular complexity index is 1870. The highest BCUT2D eigenvalue weighted by molar-refractivity contribution is 9.09. The van der Waals surface area contributed by atoms with Gasteiger partial charge in [0.1, 0.15) is 30.4 Å². The first-order chi connectivity index (χ1) is 26.6. The van der Waals surface area contributed by atoms with Crippen LogP contribution in [0.2, 0.25) is 0 Å². The molecule has 0 bridgehead atoms. The molecule has 0 saturated carbocycles. The second-order valence-electron chi connectivity index (χ2n) is 13.6. The predicted octanol–water partition coefficient (Wildman–Crippen LogP) is 7.29. The Balaban J connectivity index is 1.28. The maximum atomic E-state index is 13.5. The van der Waals surface area contributed by atoms with Gasteiger partial charge < -0.3 is 33.2 Å². The van der Waals surface area contributed by atoms with E-state index in [1.807, 2.05) is 20.8 Å². The van der Waals surface area contributed by atoms with Crippen LogP contribution in [0, 0.1) is 17.8 Å². The quantitative estimate of drug-likeness (QED) is 0.0812. The van der Waals surface area contributed by atoms with E-state index in [4.69, 9.17) is 33.2 Å².